The Kier molecular flexibility index (Phi) is 9.12. The highest BCUT2D eigenvalue weighted by Crippen LogP contribution is 2.44. The molecule has 5 rings (SSSR count). The van der Waals surface area contributed by atoms with Crippen molar-refractivity contribution >= 4 is 23.2 Å². The maximum atomic E-state index is 13.8. The Labute approximate surface area is 236 Å². The van der Waals surface area contributed by atoms with Gasteiger partial charge in [0.15, 0.2) is 0 Å². The second-order valence-electron chi connectivity index (χ2n) is 11.1. The van der Waals surface area contributed by atoms with Crippen LogP contribution < -0.4 is 5.32 Å². The van der Waals surface area contributed by atoms with Gasteiger partial charge in [0.25, 0.3) is 5.91 Å². The van der Waals surface area contributed by atoms with Crippen LogP contribution in [0.3, 0.4) is 0 Å². The number of carbonyl (C=O) groups is 2. The standard InChI is InChI=1S/C32H40N4O2S/c1-24(2)22-36-30(28-14-8-21-39-28)29(26-12-6-7-13-27(26)32(36)38)31(37)33-15-9-16-34-17-19-35(20-18-34)23-25-10-4-3-5-11-25/h3-8,10-14,21,24,29-30H,9,15-20,22-23H2,1-2H3,(H,33,37). The van der Waals surface area contributed by atoms with Crippen molar-refractivity contribution in [3.63, 3.8) is 0 Å². The molecular weight excluding hydrogens is 504 g/mol. The molecule has 6 nitrogen and oxygen atoms in total. The summed E-state index contributed by atoms with van der Waals surface area (Å²) in [5.41, 5.74) is 2.86. The van der Waals surface area contributed by atoms with Crippen LogP contribution in [0.5, 0.6) is 0 Å². The van der Waals surface area contributed by atoms with E-state index in [2.05, 4.69) is 65.4 Å². The number of nitrogens with zero attached hydrogens (tertiary/aromatic N) is 3. The fourth-order valence-corrected chi connectivity index (χ4v) is 6.76. The molecule has 1 aromatic heterocycles. The van der Waals surface area contributed by atoms with Gasteiger partial charge in [-0.15, -0.1) is 11.3 Å². The van der Waals surface area contributed by atoms with E-state index < -0.39 is 5.92 Å². The number of benzene rings is 2. The first-order chi connectivity index (χ1) is 19.0. The Balaban J connectivity index is 1.19. The molecule has 0 aliphatic carbocycles. The van der Waals surface area contributed by atoms with E-state index in [-0.39, 0.29) is 17.9 Å². The van der Waals surface area contributed by atoms with Crippen molar-refractivity contribution in [2.24, 2.45) is 5.92 Å². The van der Waals surface area contributed by atoms with E-state index in [1.807, 2.05) is 40.6 Å². The van der Waals surface area contributed by atoms with Crippen LogP contribution >= 0.6 is 11.3 Å². The number of hydrogen-bond acceptors (Lipinski definition) is 5. The Morgan fingerprint density at radius 2 is 1.67 bits per heavy atom. The zero-order valence-electron chi connectivity index (χ0n) is 23.1. The van der Waals surface area contributed by atoms with Gasteiger partial charge in [0.05, 0.1) is 12.0 Å². The van der Waals surface area contributed by atoms with E-state index in [4.69, 9.17) is 0 Å². The Morgan fingerprint density at radius 1 is 0.949 bits per heavy atom. The van der Waals surface area contributed by atoms with Crippen LogP contribution in [0.1, 0.15) is 58.6 Å². The summed E-state index contributed by atoms with van der Waals surface area (Å²) in [5.74, 6) is -0.0840. The lowest BCUT2D eigenvalue weighted by molar-refractivity contribution is -0.124. The fraction of sp³-hybridized carbons (Fsp3) is 0.438. The minimum atomic E-state index is -0.419. The summed E-state index contributed by atoms with van der Waals surface area (Å²) in [6.45, 7) is 11.7. The molecule has 1 fully saturated rings. The lowest BCUT2D eigenvalue weighted by Crippen LogP contribution is -2.49. The molecule has 2 amide bonds. The van der Waals surface area contributed by atoms with Crippen LogP contribution in [0.2, 0.25) is 0 Å². The van der Waals surface area contributed by atoms with Crippen LogP contribution in [-0.2, 0) is 11.3 Å². The molecule has 3 heterocycles. The van der Waals surface area contributed by atoms with Crippen molar-refractivity contribution in [2.45, 2.75) is 38.8 Å². The average molecular weight is 545 g/mol. The van der Waals surface area contributed by atoms with Crippen LogP contribution in [0.25, 0.3) is 0 Å². The molecule has 2 aliphatic heterocycles. The third-order valence-corrected chi connectivity index (χ3v) is 8.72. The van der Waals surface area contributed by atoms with E-state index in [1.165, 1.54) is 5.56 Å². The van der Waals surface area contributed by atoms with Gasteiger partial charge in [-0.2, -0.15) is 0 Å². The second kappa shape index (κ2) is 12.9. The summed E-state index contributed by atoms with van der Waals surface area (Å²) in [7, 11) is 0. The first-order valence-electron chi connectivity index (χ1n) is 14.2. The highest BCUT2D eigenvalue weighted by molar-refractivity contribution is 7.10. The summed E-state index contributed by atoms with van der Waals surface area (Å²) in [6.07, 6.45) is 0.914. The second-order valence-corrected chi connectivity index (χ2v) is 12.1. The topological polar surface area (TPSA) is 55.9 Å². The average Bonchev–Trinajstić information content (AvgIpc) is 3.48. The number of carbonyl (C=O) groups excluding carboxylic acids is 2. The molecule has 2 unspecified atom stereocenters. The molecule has 1 saturated heterocycles. The predicted molar refractivity (Wildman–Crippen MR) is 158 cm³/mol. The van der Waals surface area contributed by atoms with Gasteiger partial charge in [-0.05, 0) is 47.5 Å². The van der Waals surface area contributed by atoms with Crippen molar-refractivity contribution in [1.82, 2.24) is 20.0 Å². The van der Waals surface area contributed by atoms with Gasteiger partial charge in [0, 0.05) is 56.3 Å². The van der Waals surface area contributed by atoms with Crippen molar-refractivity contribution in [1.29, 1.82) is 0 Å². The van der Waals surface area contributed by atoms with Crippen molar-refractivity contribution in [3.8, 4) is 0 Å². The summed E-state index contributed by atoms with van der Waals surface area (Å²) in [6, 6.07) is 22.1. The van der Waals surface area contributed by atoms with Crippen molar-refractivity contribution < 1.29 is 9.59 Å². The largest absolute Gasteiger partial charge is 0.355 e. The summed E-state index contributed by atoms with van der Waals surface area (Å²) < 4.78 is 0. The number of piperazine rings is 1. The number of nitrogens with one attached hydrogen (secondary N) is 1. The molecule has 1 N–H and O–H groups in total. The van der Waals surface area contributed by atoms with Crippen LogP contribution in [0.4, 0.5) is 0 Å². The first-order valence-corrected chi connectivity index (χ1v) is 15.1. The Hall–Kier alpha value is -3.00. The number of hydrogen-bond donors (Lipinski definition) is 1. The molecule has 39 heavy (non-hydrogen) atoms. The van der Waals surface area contributed by atoms with E-state index in [9.17, 15) is 9.59 Å². The Morgan fingerprint density at radius 3 is 2.38 bits per heavy atom. The molecule has 3 aromatic rings. The molecule has 2 atom stereocenters. The highest BCUT2D eigenvalue weighted by atomic mass is 32.1. The highest BCUT2D eigenvalue weighted by Gasteiger charge is 2.44. The first kappa shape index (κ1) is 27.6. The van der Waals surface area contributed by atoms with Gasteiger partial charge in [-0.1, -0.05) is 68.4 Å². The van der Waals surface area contributed by atoms with Gasteiger partial charge in [0.1, 0.15) is 0 Å². The molecule has 0 radical (unpaired) electrons. The number of rotatable bonds is 10. The molecule has 0 bridgehead atoms. The third-order valence-electron chi connectivity index (χ3n) is 7.78. The monoisotopic (exact) mass is 544 g/mol. The summed E-state index contributed by atoms with van der Waals surface area (Å²) in [4.78, 5) is 35.4. The predicted octanol–water partition coefficient (Wildman–Crippen LogP) is 5.01. The number of thiophene rings is 1. The normalized spacial score (nSPS) is 20.3. The smallest absolute Gasteiger partial charge is 0.254 e. The van der Waals surface area contributed by atoms with Gasteiger partial charge >= 0.3 is 0 Å². The molecule has 0 saturated carbocycles. The number of fused-ring (bicyclic) bond motifs is 1. The van der Waals surface area contributed by atoms with Gasteiger partial charge in [-0.3, -0.25) is 14.5 Å². The maximum absolute atomic E-state index is 13.8. The van der Waals surface area contributed by atoms with E-state index in [1.54, 1.807) is 11.3 Å². The van der Waals surface area contributed by atoms with E-state index in [0.29, 0.717) is 24.6 Å². The zero-order valence-corrected chi connectivity index (χ0v) is 23.9. The van der Waals surface area contributed by atoms with Crippen molar-refractivity contribution in [2.75, 3.05) is 45.8 Å². The van der Waals surface area contributed by atoms with Gasteiger partial charge < -0.3 is 15.1 Å². The minimum Gasteiger partial charge on any atom is -0.355 e. The third kappa shape index (κ3) is 6.60. The molecule has 7 heteroatoms. The quantitative estimate of drug-likeness (QED) is 0.365. The van der Waals surface area contributed by atoms with Crippen LogP contribution in [0, 0.1) is 5.92 Å². The SMILES string of the molecule is CC(C)CN1C(=O)c2ccccc2C(C(=O)NCCCN2CCN(Cc3ccccc3)CC2)C1c1cccs1. The molecule has 2 aromatic carbocycles. The lowest BCUT2D eigenvalue weighted by atomic mass is 9.81. The molecule has 2 aliphatic rings. The van der Waals surface area contributed by atoms with Gasteiger partial charge in [0.2, 0.25) is 5.91 Å². The Bertz CT molecular complexity index is 1220. The van der Waals surface area contributed by atoms with Crippen LogP contribution in [0.15, 0.2) is 72.1 Å². The van der Waals surface area contributed by atoms with Crippen LogP contribution in [-0.4, -0.2) is 72.3 Å². The fourth-order valence-electron chi connectivity index (χ4n) is 5.88. The molecule has 0 spiro atoms. The molecule has 206 valence electrons. The lowest BCUT2D eigenvalue weighted by Gasteiger charge is -2.42. The summed E-state index contributed by atoms with van der Waals surface area (Å²) >= 11 is 1.62. The minimum absolute atomic E-state index is 0.00906. The number of amides is 2. The maximum Gasteiger partial charge on any atom is 0.254 e. The van der Waals surface area contributed by atoms with E-state index in [0.717, 1.165) is 56.1 Å². The van der Waals surface area contributed by atoms with Crippen molar-refractivity contribution in [3.05, 3.63) is 93.7 Å². The summed E-state index contributed by atoms with van der Waals surface area (Å²) in [5, 5.41) is 5.28. The van der Waals surface area contributed by atoms with Gasteiger partial charge in [-0.25, -0.2) is 0 Å². The zero-order chi connectivity index (χ0) is 27.2. The molecular formula is C32H40N4O2S. The van der Waals surface area contributed by atoms with E-state index >= 15 is 0 Å².